The van der Waals surface area contributed by atoms with E-state index in [0.29, 0.717) is 38.0 Å². The first-order valence-corrected chi connectivity index (χ1v) is 16.5. The van der Waals surface area contributed by atoms with Crippen LogP contribution in [0.5, 0.6) is 0 Å². The van der Waals surface area contributed by atoms with E-state index in [0.717, 1.165) is 28.9 Å². The van der Waals surface area contributed by atoms with E-state index in [1.54, 1.807) is 48.2 Å². The van der Waals surface area contributed by atoms with Crippen LogP contribution < -0.4 is 10.2 Å². The summed E-state index contributed by atoms with van der Waals surface area (Å²) in [6.45, 7) is 7.23. The Hall–Kier alpha value is -3.86. The number of rotatable bonds is 10. The van der Waals surface area contributed by atoms with Crippen molar-refractivity contribution in [1.82, 2.24) is 10.2 Å². The average Bonchev–Trinajstić information content (AvgIpc) is 3.03. The fourth-order valence-corrected chi connectivity index (χ4v) is 6.43. The molecule has 2 atom stereocenters. The van der Waals surface area contributed by atoms with Gasteiger partial charge in [0.15, 0.2) is 9.84 Å². The van der Waals surface area contributed by atoms with Crippen LogP contribution in [0.1, 0.15) is 66.6 Å². The van der Waals surface area contributed by atoms with Gasteiger partial charge in [-0.05, 0) is 86.3 Å². The Kier molecular flexibility index (Phi) is 10.4. The molecule has 11 heteroatoms. The van der Waals surface area contributed by atoms with Crippen molar-refractivity contribution in [3.63, 3.8) is 0 Å². The van der Waals surface area contributed by atoms with E-state index in [1.165, 1.54) is 24.3 Å². The van der Waals surface area contributed by atoms with E-state index in [-0.39, 0.29) is 34.9 Å². The minimum absolute atomic E-state index is 0.000411. The fourth-order valence-electron chi connectivity index (χ4n) is 5.55. The monoisotopic (exact) mass is 629 g/mol. The topological polar surface area (TPSA) is 86.8 Å². The molecule has 0 aliphatic carbocycles. The predicted molar refractivity (Wildman–Crippen MR) is 164 cm³/mol. The van der Waals surface area contributed by atoms with Gasteiger partial charge in [0.2, 0.25) is 5.91 Å². The molecular weight excluding hydrogens is 591 g/mol. The van der Waals surface area contributed by atoms with Crippen LogP contribution in [0.2, 0.25) is 0 Å². The summed E-state index contributed by atoms with van der Waals surface area (Å²) in [4.78, 5) is 30.4. The molecule has 2 amide bonds. The van der Waals surface area contributed by atoms with Gasteiger partial charge in [-0.15, -0.1) is 0 Å². The maximum atomic E-state index is 13.5. The number of likely N-dealkylation sites (N-methyl/N-ethyl adjacent to an activating group) is 1. The van der Waals surface area contributed by atoms with Crippen LogP contribution in [0.25, 0.3) is 0 Å². The highest BCUT2D eigenvalue weighted by Gasteiger charge is 2.36. The van der Waals surface area contributed by atoms with Crippen LogP contribution in [-0.2, 0) is 27.4 Å². The SMILES string of the molecule is CCN(CC)C(=O)[C@@H]1CC[C@@H](c2ccc(C(F)(F)F)cc2)CN1c1ccc(C(=O)NCc2ccc(S(=O)(=O)CC)cc2)cc1. The zero-order chi connectivity index (χ0) is 32.1. The van der Waals surface area contributed by atoms with Crippen molar-refractivity contribution in [2.24, 2.45) is 0 Å². The molecule has 1 heterocycles. The quantitative estimate of drug-likeness (QED) is 0.295. The number of carbonyl (C=O) groups is 2. The van der Waals surface area contributed by atoms with E-state index >= 15 is 0 Å². The average molecular weight is 630 g/mol. The number of nitrogens with one attached hydrogen (secondary N) is 1. The summed E-state index contributed by atoms with van der Waals surface area (Å²) in [5.41, 5.74) is 2.01. The lowest BCUT2D eigenvalue weighted by molar-refractivity contribution is -0.137. The lowest BCUT2D eigenvalue weighted by Crippen LogP contribution is -2.52. The number of nitrogens with zero attached hydrogens (tertiary/aromatic N) is 2. The van der Waals surface area contributed by atoms with Crippen molar-refractivity contribution < 1.29 is 31.2 Å². The van der Waals surface area contributed by atoms with Gasteiger partial charge in [-0.25, -0.2) is 8.42 Å². The number of halogens is 3. The lowest BCUT2D eigenvalue weighted by atomic mass is 9.86. The van der Waals surface area contributed by atoms with Crippen molar-refractivity contribution >= 4 is 27.3 Å². The van der Waals surface area contributed by atoms with Gasteiger partial charge in [-0.1, -0.05) is 31.2 Å². The molecule has 4 rings (SSSR count). The van der Waals surface area contributed by atoms with Crippen LogP contribution in [-0.4, -0.2) is 56.6 Å². The van der Waals surface area contributed by atoms with E-state index in [9.17, 15) is 31.2 Å². The number of sulfone groups is 1. The number of carbonyl (C=O) groups excluding carboxylic acids is 2. The summed E-state index contributed by atoms with van der Waals surface area (Å²) in [6.07, 6.45) is -3.21. The minimum Gasteiger partial charge on any atom is -0.359 e. The normalized spacial score (nSPS) is 17.3. The number of amides is 2. The highest BCUT2D eigenvalue weighted by Crippen LogP contribution is 2.36. The Labute approximate surface area is 257 Å². The van der Waals surface area contributed by atoms with Crippen LogP contribution in [0, 0.1) is 0 Å². The first kappa shape index (κ1) is 33.0. The number of hydrogen-bond donors (Lipinski definition) is 1. The molecule has 0 unspecified atom stereocenters. The Bertz CT molecular complexity index is 1540. The second-order valence-electron chi connectivity index (χ2n) is 10.8. The van der Waals surface area contributed by atoms with Gasteiger partial charge < -0.3 is 15.1 Å². The second-order valence-corrected chi connectivity index (χ2v) is 13.1. The molecule has 0 aromatic heterocycles. The molecule has 1 aliphatic rings. The molecule has 1 aliphatic heterocycles. The van der Waals surface area contributed by atoms with Crippen molar-refractivity contribution in [3.05, 3.63) is 95.1 Å². The number of hydrogen-bond acceptors (Lipinski definition) is 5. The third kappa shape index (κ3) is 7.61. The number of alkyl halides is 3. The molecule has 1 N–H and O–H groups in total. The first-order valence-electron chi connectivity index (χ1n) is 14.8. The molecule has 236 valence electrons. The van der Waals surface area contributed by atoms with Gasteiger partial charge in [0.25, 0.3) is 5.91 Å². The second kappa shape index (κ2) is 13.8. The summed E-state index contributed by atoms with van der Waals surface area (Å²) in [5, 5.41) is 2.84. The molecule has 0 radical (unpaired) electrons. The van der Waals surface area contributed by atoms with E-state index in [4.69, 9.17) is 0 Å². The summed E-state index contributed by atoms with van der Waals surface area (Å²) in [7, 11) is -3.30. The zero-order valence-corrected chi connectivity index (χ0v) is 25.9. The van der Waals surface area contributed by atoms with Crippen LogP contribution >= 0.6 is 0 Å². The largest absolute Gasteiger partial charge is 0.416 e. The van der Waals surface area contributed by atoms with Gasteiger partial charge >= 0.3 is 6.18 Å². The van der Waals surface area contributed by atoms with Crippen LogP contribution in [0.15, 0.2) is 77.7 Å². The van der Waals surface area contributed by atoms with Gasteiger partial charge in [-0.2, -0.15) is 13.2 Å². The smallest absolute Gasteiger partial charge is 0.359 e. The highest BCUT2D eigenvalue weighted by atomic mass is 32.2. The van der Waals surface area contributed by atoms with Gasteiger partial charge in [0.1, 0.15) is 6.04 Å². The van der Waals surface area contributed by atoms with Crippen molar-refractivity contribution in [2.45, 2.75) is 63.2 Å². The highest BCUT2D eigenvalue weighted by molar-refractivity contribution is 7.91. The molecule has 0 bridgehead atoms. The zero-order valence-electron chi connectivity index (χ0n) is 25.1. The molecule has 44 heavy (non-hydrogen) atoms. The van der Waals surface area contributed by atoms with Gasteiger partial charge in [0, 0.05) is 43.3 Å². The maximum Gasteiger partial charge on any atom is 0.416 e. The molecule has 1 saturated heterocycles. The van der Waals surface area contributed by atoms with E-state index < -0.39 is 27.6 Å². The molecule has 0 spiro atoms. The van der Waals surface area contributed by atoms with Crippen LogP contribution in [0.4, 0.5) is 18.9 Å². The number of anilines is 1. The third-order valence-electron chi connectivity index (χ3n) is 8.23. The van der Waals surface area contributed by atoms with Crippen molar-refractivity contribution in [3.8, 4) is 0 Å². The summed E-state index contributed by atoms with van der Waals surface area (Å²) < 4.78 is 63.4. The standard InChI is InChI=1S/C33H38F3N3O4S/c1-4-38(5-2)32(41)30-20-13-26(24-9-14-27(15-10-24)33(34,35)36)22-39(30)28-16-11-25(12-17-28)31(40)37-21-23-7-18-29(19-8-23)44(42,43)6-3/h7-12,14-19,26,30H,4-6,13,20-22H2,1-3H3,(H,37,40)/t26-,30+/m1/s1. The minimum atomic E-state index is -4.41. The molecule has 1 fully saturated rings. The number of piperidine rings is 1. The van der Waals surface area contributed by atoms with Crippen LogP contribution in [0.3, 0.4) is 0 Å². The fraction of sp³-hybridized carbons (Fsp3) is 0.394. The molecule has 7 nitrogen and oxygen atoms in total. The first-order chi connectivity index (χ1) is 20.9. The summed E-state index contributed by atoms with van der Waals surface area (Å²) >= 11 is 0. The van der Waals surface area contributed by atoms with E-state index in [2.05, 4.69) is 5.32 Å². The summed E-state index contributed by atoms with van der Waals surface area (Å²) in [6, 6.07) is 18.1. The summed E-state index contributed by atoms with van der Waals surface area (Å²) in [5.74, 6) is -0.365. The number of benzene rings is 3. The van der Waals surface area contributed by atoms with E-state index in [1.807, 2.05) is 18.7 Å². The Morgan fingerprint density at radius 2 is 1.50 bits per heavy atom. The molecule has 0 saturated carbocycles. The van der Waals surface area contributed by atoms with Crippen molar-refractivity contribution in [1.29, 1.82) is 0 Å². The third-order valence-corrected chi connectivity index (χ3v) is 9.98. The lowest BCUT2D eigenvalue weighted by Gasteiger charge is -2.42. The molecular formula is C33H38F3N3O4S. The van der Waals surface area contributed by atoms with Gasteiger partial charge in [-0.3, -0.25) is 9.59 Å². The predicted octanol–water partition coefficient (Wildman–Crippen LogP) is 6.05. The molecule has 3 aromatic rings. The Balaban J connectivity index is 1.50. The molecule has 3 aromatic carbocycles. The van der Waals surface area contributed by atoms with Crippen molar-refractivity contribution in [2.75, 3.05) is 30.3 Å². The Morgan fingerprint density at radius 1 is 0.886 bits per heavy atom. The van der Waals surface area contributed by atoms with Gasteiger partial charge in [0.05, 0.1) is 16.2 Å². The maximum absolute atomic E-state index is 13.5. The Morgan fingerprint density at radius 3 is 2.05 bits per heavy atom.